The van der Waals surface area contributed by atoms with Crippen LogP contribution in [0.5, 0.6) is 0 Å². The lowest BCUT2D eigenvalue weighted by molar-refractivity contribution is 0.100. The van der Waals surface area contributed by atoms with Crippen LogP contribution in [0.4, 0.5) is 5.00 Å². The van der Waals surface area contributed by atoms with Crippen LogP contribution in [0.15, 0.2) is 30.3 Å². The molecule has 1 aromatic carbocycles. The van der Waals surface area contributed by atoms with Crippen molar-refractivity contribution in [3.8, 4) is 0 Å². The van der Waals surface area contributed by atoms with Crippen LogP contribution in [-0.4, -0.2) is 5.91 Å². The number of primary amides is 1. The number of thiophene rings is 1. The normalized spacial score (nSPS) is 18.0. The number of anilines is 1. The van der Waals surface area contributed by atoms with Crippen molar-refractivity contribution in [1.82, 2.24) is 0 Å². The molecule has 0 radical (unpaired) electrons. The highest BCUT2D eigenvalue weighted by Crippen LogP contribution is 2.40. The number of nitrogens with two attached hydrogens (primary N) is 2. The van der Waals surface area contributed by atoms with E-state index < -0.39 is 5.91 Å². The van der Waals surface area contributed by atoms with E-state index in [1.807, 2.05) is 6.07 Å². The third-order valence-corrected chi connectivity index (χ3v) is 4.89. The second-order valence-corrected chi connectivity index (χ2v) is 6.09. The van der Waals surface area contributed by atoms with Gasteiger partial charge in [-0.25, -0.2) is 0 Å². The predicted molar refractivity (Wildman–Crippen MR) is 78.5 cm³/mol. The van der Waals surface area contributed by atoms with Gasteiger partial charge < -0.3 is 11.5 Å². The zero-order valence-corrected chi connectivity index (χ0v) is 11.4. The third kappa shape index (κ3) is 2.12. The van der Waals surface area contributed by atoms with Gasteiger partial charge in [0.25, 0.3) is 5.91 Å². The van der Waals surface area contributed by atoms with Gasteiger partial charge in [0.15, 0.2) is 0 Å². The van der Waals surface area contributed by atoms with Crippen molar-refractivity contribution in [3.63, 3.8) is 0 Å². The molecular weight excluding hydrogens is 256 g/mol. The minimum Gasteiger partial charge on any atom is -0.390 e. The zero-order valence-electron chi connectivity index (χ0n) is 10.6. The number of amides is 1. The minimum absolute atomic E-state index is 0.395. The monoisotopic (exact) mass is 272 g/mol. The predicted octanol–water partition coefficient (Wildman–Crippen LogP) is 2.70. The lowest BCUT2D eigenvalue weighted by atomic mass is 9.83. The van der Waals surface area contributed by atoms with Crippen LogP contribution in [0.2, 0.25) is 0 Å². The minimum atomic E-state index is -0.395. The van der Waals surface area contributed by atoms with Gasteiger partial charge in [-0.2, -0.15) is 0 Å². The second kappa shape index (κ2) is 4.70. The highest BCUT2D eigenvalue weighted by atomic mass is 32.1. The molecule has 0 saturated heterocycles. The molecule has 1 heterocycles. The molecule has 3 nitrogen and oxygen atoms in total. The first-order valence-electron chi connectivity index (χ1n) is 6.41. The largest absolute Gasteiger partial charge is 0.390 e. The molecule has 4 N–H and O–H groups in total. The molecule has 0 aliphatic heterocycles. The number of carbonyl (C=O) groups is 1. The Morgan fingerprint density at radius 3 is 2.68 bits per heavy atom. The summed E-state index contributed by atoms with van der Waals surface area (Å²) in [6.45, 7) is 0. The molecule has 0 fully saturated rings. The number of hydrogen-bond donors (Lipinski definition) is 2. The fourth-order valence-corrected chi connectivity index (χ4v) is 4.09. The summed E-state index contributed by atoms with van der Waals surface area (Å²) in [5.74, 6) is 0.126. The van der Waals surface area contributed by atoms with Crippen molar-refractivity contribution in [2.24, 2.45) is 5.73 Å². The van der Waals surface area contributed by atoms with Crippen LogP contribution >= 0.6 is 11.3 Å². The molecular formula is C15H16N2OS. The quantitative estimate of drug-likeness (QED) is 0.882. The first kappa shape index (κ1) is 12.2. The maximum atomic E-state index is 11.5. The number of rotatable bonds is 2. The molecule has 1 aromatic heterocycles. The molecule has 98 valence electrons. The molecule has 0 bridgehead atoms. The van der Waals surface area contributed by atoms with E-state index in [0.29, 0.717) is 16.5 Å². The van der Waals surface area contributed by atoms with Gasteiger partial charge in [0.05, 0.1) is 10.6 Å². The summed E-state index contributed by atoms with van der Waals surface area (Å²) in [5.41, 5.74) is 14.3. The lowest BCUT2D eigenvalue weighted by Gasteiger charge is -2.22. The topological polar surface area (TPSA) is 69.1 Å². The van der Waals surface area contributed by atoms with Crippen molar-refractivity contribution in [1.29, 1.82) is 0 Å². The Bertz CT molecular complexity index is 619. The molecule has 0 unspecified atom stereocenters. The van der Waals surface area contributed by atoms with E-state index in [1.54, 1.807) is 0 Å². The van der Waals surface area contributed by atoms with Crippen molar-refractivity contribution >= 4 is 22.2 Å². The molecule has 0 spiro atoms. The number of nitrogen functional groups attached to an aromatic ring is 1. The summed E-state index contributed by atoms with van der Waals surface area (Å²) in [7, 11) is 0. The number of hydrogen-bond acceptors (Lipinski definition) is 3. The molecule has 1 amide bonds. The highest BCUT2D eigenvalue weighted by Gasteiger charge is 2.27. The van der Waals surface area contributed by atoms with E-state index in [-0.39, 0.29) is 0 Å². The molecule has 4 heteroatoms. The Morgan fingerprint density at radius 2 is 2.00 bits per heavy atom. The molecule has 1 aliphatic carbocycles. The summed E-state index contributed by atoms with van der Waals surface area (Å²) in [6.07, 6.45) is 2.90. The first-order chi connectivity index (χ1) is 9.16. The third-order valence-electron chi connectivity index (χ3n) is 3.81. The fourth-order valence-electron chi connectivity index (χ4n) is 2.89. The van der Waals surface area contributed by atoms with E-state index in [4.69, 9.17) is 11.5 Å². The van der Waals surface area contributed by atoms with Crippen LogP contribution in [0.3, 0.4) is 0 Å². The lowest BCUT2D eigenvalue weighted by Crippen LogP contribution is -2.17. The van der Waals surface area contributed by atoms with E-state index in [1.165, 1.54) is 21.8 Å². The molecule has 2 aromatic rings. The smallest absolute Gasteiger partial charge is 0.251 e. The van der Waals surface area contributed by atoms with E-state index in [9.17, 15) is 4.79 Å². The number of fused-ring (bicyclic) bond motifs is 1. The van der Waals surface area contributed by atoms with Gasteiger partial charge in [-0.3, -0.25) is 4.79 Å². The molecule has 19 heavy (non-hydrogen) atoms. The highest BCUT2D eigenvalue weighted by molar-refractivity contribution is 7.16. The maximum Gasteiger partial charge on any atom is 0.251 e. The summed E-state index contributed by atoms with van der Waals surface area (Å²) >= 11 is 1.52. The van der Waals surface area contributed by atoms with Gasteiger partial charge in [-0.1, -0.05) is 30.3 Å². The van der Waals surface area contributed by atoms with E-state index >= 15 is 0 Å². The standard InChI is InChI=1S/C15H16N2OS/c16-14(18)13-11-7-6-10(8-12(11)19-15(13)17)9-4-2-1-3-5-9/h1-5,10H,6-8,17H2,(H2,16,18)/t10-/m0/s1. The fraction of sp³-hybridized carbons (Fsp3) is 0.267. The van der Waals surface area contributed by atoms with Crippen LogP contribution < -0.4 is 11.5 Å². The summed E-state index contributed by atoms with van der Waals surface area (Å²) < 4.78 is 0. The van der Waals surface area contributed by atoms with Crippen molar-refractivity contribution < 1.29 is 4.79 Å². The summed E-state index contributed by atoms with van der Waals surface area (Å²) in [5, 5.41) is 0.575. The average molecular weight is 272 g/mol. The molecule has 3 rings (SSSR count). The van der Waals surface area contributed by atoms with E-state index in [0.717, 1.165) is 24.8 Å². The van der Waals surface area contributed by atoms with Crippen molar-refractivity contribution in [2.45, 2.75) is 25.2 Å². The number of benzene rings is 1. The Labute approximate surface area is 116 Å². The van der Waals surface area contributed by atoms with E-state index in [2.05, 4.69) is 24.3 Å². The van der Waals surface area contributed by atoms with Gasteiger partial charge in [0.2, 0.25) is 0 Å². The maximum absolute atomic E-state index is 11.5. The van der Waals surface area contributed by atoms with Gasteiger partial charge in [-0.15, -0.1) is 11.3 Å². The van der Waals surface area contributed by atoms with Crippen LogP contribution in [0.25, 0.3) is 0 Å². The van der Waals surface area contributed by atoms with Crippen molar-refractivity contribution in [3.05, 3.63) is 51.9 Å². The van der Waals surface area contributed by atoms with Crippen molar-refractivity contribution in [2.75, 3.05) is 5.73 Å². The van der Waals surface area contributed by atoms with Gasteiger partial charge >= 0.3 is 0 Å². The number of carbonyl (C=O) groups excluding carboxylic acids is 1. The van der Waals surface area contributed by atoms with Gasteiger partial charge in [-0.05, 0) is 36.3 Å². The summed E-state index contributed by atoms with van der Waals surface area (Å²) in [6, 6.07) is 10.5. The zero-order chi connectivity index (χ0) is 13.4. The first-order valence-corrected chi connectivity index (χ1v) is 7.23. The van der Waals surface area contributed by atoms with Gasteiger partial charge in [0.1, 0.15) is 0 Å². The second-order valence-electron chi connectivity index (χ2n) is 4.96. The van der Waals surface area contributed by atoms with Crippen LogP contribution in [0, 0.1) is 0 Å². The average Bonchev–Trinajstić information content (AvgIpc) is 2.74. The Morgan fingerprint density at radius 1 is 1.26 bits per heavy atom. The summed E-state index contributed by atoms with van der Waals surface area (Å²) in [4.78, 5) is 12.7. The Balaban J connectivity index is 1.94. The van der Waals surface area contributed by atoms with Crippen LogP contribution in [0.1, 0.15) is 38.7 Å². The molecule has 1 aliphatic rings. The SMILES string of the molecule is NC(=O)c1c(N)sc2c1CC[C@H](c1ccccc1)C2. The molecule has 1 atom stereocenters. The Kier molecular flexibility index (Phi) is 3.03. The van der Waals surface area contributed by atoms with Gasteiger partial charge in [0, 0.05) is 4.88 Å². The Hall–Kier alpha value is -1.81. The van der Waals surface area contributed by atoms with Crippen LogP contribution in [-0.2, 0) is 12.8 Å². The molecule has 0 saturated carbocycles.